The van der Waals surface area contributed by atoms with E-state index in [9.17, 15) is 13.5 Å². The number of sulfonamides is 1. The van der Waals surface area contributed by atoms with Gasteiger partial charge in [0, 0.05) is 22.2 Å². The van der Waals surface area contributed by atoms with Gasteiger partial charge in [0.1, 0.15) is 0 Å². The van der Waals surface area contributed by atoms with E-state index in [4.69, 9.17) is 0 Å². The van der Waals surface area contributed by atoms with E-state index in [1.54, 1.807) is 37.3 Å². The highest BCUT2D eigenvalue weighted by Gasteiger charge is 2.36. The van der Waals surface area contributed by atoms with Crippen LogP contribution in [0, 0.1) is 0 Å². The first kappa shape index (κ1) is 15.0. The van der Waals surface area contributed by atoms with Crippen LogP contribution < -0.4 is 0 Å². The topological polar surface area (TPSA) is 57.6 Å². The number of aliphatic hydroxyl groups is 1. The number of rotatable bonds is 3. The van der Waals surface area contributed by atoms with E-state index >= 15 is 0 Å². The Morgan fingerprint density at radius 2 is 1.79 bits per heavy atom. The van der Waals surface area contributed by atoms with Crippen molar-refractivity contribution in [3.05, 3.63) is 30.3 Å². The Labute approximate surface area is 122 Å². The molecule has 0 radical (unpaired) electrons. The molecular weight excluding hydrogens is 330 g/mol. The number of benzene rings is 1. The van der Waals surface area contributed by atoms with Crippen molar-refractivity contribution in [3.8, 4) is 0 Å². The summed E-state index contributed by atoms with van der Waals surface area (Å²) in [6.45, 7) is 1.80. The normalized spacial score (nSPS) is 28.5. The average Bonchev–Trinajstić information content (AvgIpc) is 2.39. The number of hydrogen-bond acceptors (Lipinski definition) is 3. The molecule has 0 heterocycles. The predicted molar refractivity (Wildman–Crippen MR) is 77.3 cm³/mol. The zero-order valence-corrected chi connectivity index (χ0v) is 13.2. The van der Waals surface area contributed by atoms with Crippen LogP contribution in [0.15, 0.2) is 35.2 Å². The molecular formula is C13H18BrNO3S. The third-order valence-electron chi connectivity index (χ3n) is 3.59. The highest BCUT2D eigenvalue weighted by atomic mass is 79.9. The molecule has 0 bridgehead atoms. The summed E-state index contributed by atoms with van der Waals surface area (Å²) in [5, 5.41) is 9.91. The maximum Gasteiger partial charge on any atom is 0.252 e. The van der Waals surface area contributed by atoms with Crippen molar-refractivity contribution < 1.29 is 13.5 Å². The summed E-state index contributed by atoms with van der Waals surface area (Å²) in [7, 11) is -3.51. The lowest BCUT2D eigenvalue weighted by molar-refractivity contribution is 0.0120. The molecule has 0 amide bonds. The molecule has 0 aliphatic heterocycles. The molecule has 106 valence electrons. The Morgan fingerprint density at radius 1 is 1.26 bits per heavy atom. The lowest BCUT2D eigenvalue weighted by atomic mass is 9.84. The maximum absolute atomic E-state index is 12.4. The Bertz CT molecular complexity index is 520. The van der Waals surface area contributed by atoms with Gasteiger partial charge in [0.2, 0.25) is 0 Å². The van der Waals surface area contributed by atoms with Crippen molar-refractivity contribution in [2.45, 2.75) is 49.1 Å². The molecule has 4 nitrogen and oxygen atoms in total. The second kappa shape index (κ2) is 5.52. The summed E-state index contributed by atoms with van der Waals surface area (Å²) < 4.78 is 26.1. The van der Waals surface area contributed by atoms with Crippen molar-refractivity contribution >= 4 is 26.2 Å². The van der Waals surface area contributed by atoms with Crippen LogP contribution in [-0.4, -0.2) is 28.5 Å². The number of nitrogens with zero attached hydrogens (tertiary/aromatic N) is 1. The first-order chi connectivity index (χ1) is 8.83. The van der Waals surface area contributed by atoms with Gasteiger partial charge < -0.3 is 5.11 Å². The van der Waals surface area contributed by atoms with Gasteiger partial charge >= 0.3 is 0 Å². The van der Waals surface area contributed by atoms with Gasteiger partial charge in [-0.3, -0.25) is 0 Å². The van der Waals surface area contributed by atoms with Gasteiger partial charge in [0.15, 0.2) is 0 Å². The second-order valence-electron chi connectivity index (χ2n) is 5.29. The fourth-order valence-electron chi connectivity index (χ4n) is 2.32. The minimum absolute atomic E-state index is 0.106. The van der Waals surface area contributed by atoms with Gasteiger partial charge in [-0.05, 0) is 44.7 Å². The molecule has 6 heteroatoms. The zero-order valence-electron chi connectivity index (χ0n) is 10.8. The molecule has 0 saturated heterocycles. The van der Waals surface area contributed by atoms with Crippen LogP contribution in [0.2, 0.25) is 0 Å². The standard InChI is InChI=1S/C13H18BrNO3S/c1-13(16)9-7-11(8-10-13)15(14)19(17,18)12-5-3-2-4-6-12/h2-6,11,16H,7-10H2,1H3. The van der Waals surface area contributed by atoms with E-state index in [1.807, 2.05) is 0 Å². The smallest absolute Gasteiger partial charge is 0.252 e. The minimum Gasteiger partial charge on any atom is -0.390 e. The van der Waals surface area contributed by atoms with Crippen LogP contribution >= 0.6 is 16.1 Å². The van der Waals surface area contributed by atoms with Crippen LogP contribution in [0.5, 0.6) is 0 Å². The molecule has 0 atom stereocenters. The first-order valence-corrected chi connectivity index (χ1v) is 8.45. The fourth-order valence-corrected chi connectivity index (χ4v) is 4.53. The quantitative estimate of drug-likeness (QED) is 0.855. The van der Waals surface area contributed by atoms with E-state index in [2.05, 4.69) is 16.1 Å². The van der Waals surface area contributed by atoms with Gasteiger partial charge in [0.25, 0.3) is 10.0 Å². The van der Waals surface area contributed by atoms with E-state index in [0.29, 0.717) is 25.7 Å². The Kier molecular flexibility index (Phi) is 4.35. The summed E-state index contributed by atoms with van der Waals surface area (Å²) >= 11 is 3.20. The molecule has 19 heavy (non-hydrogen) atoms. The largest absolute Gasteiger partial charge is 0.390 e. The molecule has 1 aromatic rings. The lowest BCUT2D eigenvalue weighted by Crippen LogP contribution is -2.40. The first-order valence-electron chi connectivity index (χ1n) is 6.31. The highest BCUT2D eigenvalue weighted by molar-refractivity contribution is 9.08. The Hall–Kier alpha value is -0.430. The maximum atomic E-state index is 12.4. The third-order valence-corrected chi connectivity index (χ3v) is 6.94. The van der Waals surface area contributed by atoms with Crippen LogP contribution in [0.25, 0.3) is 0 Å². The van der Waals surface area contributed by atoms with Crippen LogP contribution in [0.3, 0.4) is 0 Å². The molecule has 0 spiro atoms. The van der Waals surface area contributed by atoms with E-state index in [-0.39, 0.29) is 10.9 Å². The van der Waals surface area contributed by atoms with Gasteiger partial charge in [0.05, 0.1) is 10.5 Å². The monoisotopic (exact) mass is 347 g/mol. The molecule has 1 fully saturated rings. The SMILES string of the molecule is CC1(O)CCC(N(Br)S(=O)(=O)c2ccccc2)CC1. The summed E-state index contributed by atoms with van der Waals surface area (Å²) in [4.78, 5) is 0.282. The third kappa shape index (κ3) is 3.37. The van der Waals surface area contributed by atoms with Gasteiger partial charge in [-0.15, -0.1) is 3.33 Å². The number of hydrogen-bond donors (Lipinski definition) is 1. The van der Waals surface area contributed by atoms with Gasteiger partial charge in [-0.1, -0.05) is 18.2 Å². The summed E-state index contributed by atoms with van der Waals surface area (Å²) in [6, 6.07) is 8.27. The lowest BCUT2D eigenvalue weighted by Gasteiger charge is -2.35. The van der Waals surface area contributed by atoms with Gasteiger partial charge in [-0.25, -0.2) is 8.42 Å². The highest BCUT2D eigenvalue weighted by Crippen LogP contribution is 2.34. The van der Waals surface area contributed by atoms with Crippen LogP contribution in [0.4, 0.5) is 0 Å². The summed E-state index contributed by atoms with van der Waals surface area (Å²) in [6.07, 6.45) is 2.54. The minimum atomic E-state index is -3.51. The second-order valence-corrected chi connectivity index (χ2v) is 8.34. The molecule has 1 aliphatic rings. The Balaban J connectivity index is 2.14. The van der Waals surface area contributed by atoms with Crippen molar-refractivity contribution in [2.75, 3.05) is 0 Å². The van der Waals surface area contributed by atoms with E-state index in [0.717, 1.165) is 0 Å². The Morgan fingerprint density at radius 3 is 2.32 bits per heavy atom. The molecule has 0 unspecified atom stereocenters. The van der Waals surface area contributed by atoms with E-state index < -0.39 is 15.6 Å². The van der Waals surface area contributed by atoms with E-state index in [1.165, 1.54) is 3.33 Å². The average molecular weight is 348 g/mol. The van der Waals surface area contributed by atoms with Crippen molar-refractivity contribution in [2.24, 2.45) is 0 Å². The molecule has 1 aliphatic carbocycles. The molecule has 1 aromatic carbocycles. The zero-order chi connectivity index (χ0) is 14.1. The number of halogens is 1. The molecule has 0 aromatic heterocycles. The summed E-state index contributed by atoms with van der Waals surface area (Å²) in [5.41, 5.74) is -0.666. The van der Waals surface area contributed by atoms with Crippen molar-refractivity contribution in [1.29, 1.82) is 0 Å². The van der Waals surface area contributed by atoms with Crippen LogP contribution in [0.1, 0.15) is 32.6 Å². The van der Waals surface area contributed by atoms with Crippen LogP contribution in [-0.2, 0) is 10.0 Å². The van der Waals surface area contributed by atoms with Crippen molar-refractivity contribution in [3.63, 3.8) is 0 Å². The van der Waals surface area contributed by atoms with Gasteiger partial charge in [-0.2, -0.15) is 0 Å². The molecule has 2 rings (SSSR count). The predicted octanol–water partition coefficient (Wildman–Crippen LogP) is 2.68. The molecule has 1 saturated carbocycles. The molecule has 1 N–H and O–H groups in total. The fraction of sp³-hybridized carbons (Fsp3) is 0.538. The van der Waals surface area contributed by atoms with Crippen molar-refractivity contribution in [1.82, 2.24) is 3.33 Å². The summed E-state index contributed by atoms with van der Waals surface area (Å²) in [5.74, 6) is 0.